The highest BCUT2D eigenvalue weighted by atomic mass is 16.5. The molecular formula is C10H21NO3. The van der Waals surface area contributed by atoms with Crippen LogP contribution in [0, 0.1) is 0 Å². The van der Waals surface area contributed by atoms with Gasteiger partial charge in [-0.05, 0) is 32.2 Å². The Morgan fingerprint density at radius 1 is 1.43 bits per heavy atom. The number of carbonyl (C=O) groups is 1. The summed E-state index contributed by atoms with van der Waals surface area (Å²) in [6.07, 6.45) is 3.54. The topological polar surface area (TPSA) is 58.6 Å². The van der Waals surface area contributed by atoms with Crippen LogP contribution in [-0.2, 0) is 9.53 Å². The molecule has 0 aromatic heterocycles. The van der Waals surface area contributed by atoms with Crippen molar-refractivity contribution in [2.45, 2.75) is 38.6 Å². The van der Waals surface area contributed by atoms with E-state index in [1.165, 1.54) is 7.11 Å². The number of carbonyl (C=O) groups excluding carboxylic acids is 1. The Labute approximate surface area is 85.6 Å². The molecular weight excluding hydrogens is 182 g/mol. The number of unbranched alkanes of at least 4 members (excludes halogenated alkanes) is 2. The maximum atomic E-state index is 11.1. The Balaban J connectivity index is 3.48. The standard InChI is InChI=1S/C10H21NO3/c1-3-9(10(13)14-2)11-7-5-4-6-8-12/h9,11-12H,3-8H2,1-2H3. The highest BCUT2D eigenvalue weighted by Gasteiger charge is 2.14. The van der Waals surface area contributed by atoms with Crippen molar-refractivity contribution in [1.29, 1.82) is 0 Å². The van der Waals surface area contributed by atoms with E-state index in [-0.39, 0.29) is 18.6 Å². The Hall–Kier alpha value is -0.610. The average molecular weight is 203 g/mol. The Bertz CT molecular complexity index is 150. The molecule has 0 heterocycles. The van der Waals surface area contributed by atoms with Gasteiger partial charge in [0, 0.05) is 6.61 Å². The highest BCUT2D eigenvalue weighted by Crippen LogP contribution is 1.96. The van der Waals surface area contributed by atoms with Gasteiger partial charge in [0.25, 0.3) is 0 Å². The summed E-state index contributed by atoms with van der Waals surface area (Å²) in [5, 5.41) is 11.7. The zero-order chi connectivity index (χ0) is 10.8. The first-order valence-corrected chi connectivity index (χ1v) is 5.18. The van der Waals surface area contributed by atoms with Crippen molar-refractivity contribution in [2.75, 3.05) is 20.3 Å². The van der Waals surface area contributed by atoms with E-state index in [2.05, 4.69) is 10.1 Å². The summed E-state index contributed by atoms with van der Waals surface area (Å²) in [6, 6.07) is -0.186. The molecule has 0 amide bonds. The maximum Gasteiger partial charge on any atom is 0.322 e. The van der Waals surface area contributed by atoms with Gasteiger partial charge in [-0.15, -0.1) is 0 Å². The van der Waals surface area contributed by atoms with Crippen LogP contribution in [0.3, 0.4) is 0 Å². The van der Waals surface area contributed by atoms with E-state index in [0.29, 0.717) is 0 Å². The van der Waals surface area contributed by atoms with Crippen molar-refractivity contribution in [3.63, 3.8) is 0 Å². The third kappa shape index (κ3) is 5.94. The summed E-state index contributed by atoms with van der Waals surface area (Å²) in [6.45, 7) is 2.99. The minimum Gasteiger partial charge on any atom is -0.468 e. The first-order valence-electron chi connectivity index (χ1n) is 5.18. The molecule has 0 saturated heterocycles. The van der Waals surface area contributed by atoms with Gasteiger partial charge in [-0.3, -0.25) is 4.79 Å². The largest absolute Gasteiger partial charge is 0.468 e. The van der Waals surface area contributed by atoms with Crippen LogP contribution in [0.2, 0.25) is 0 Å². The Morgan fingerprint density at radius 3 is 2.64 bits per heavy atom. The number of esters is 1. The van der Waals surface area contributed by atoms with Gasteiger partial charge in [0.05, 0.1) is 7.11 Å². The first-order chi connectivity index (χ1) is 6.76. The number of nitrogens with one attached hydrogen (secondary N) is 1. The lowest BCUT2D eigenvalue weighted by Gasteiger charge is -2.13. The number of ether oxygens (including phenoxy) is 1. The molecule has 1 atom stereocenters. The van der Waals surface area contributed by atoms with Crippen molar-refractivity contribution in [3.05, 3.63) is 0 Å². The predicted molar refractivity (Wildman–Crippen MR) is 55.0 cm³/mol. The van der Waals surface area contributed by atoms with Crippen LogP contribution in [0.1, 0.15) is 32.6 Å². The van der Waals surface area contributed by atoms with Crippen molar-refractivity contribution in [3.8, 4) is 0 Å². The van der Waals surface area contributed by atoms with Gasteiger partial charge in [0.2, 0.25) is 0 Å². The van der Waals surface area contributed by atoms with E-state index in [4.69, 9.17) is 5.11 Å². The summed E-state index contributed by atoms with van der Waals surface area (Å²) < 4.78 is 4.64. The zero-order valence-corrected chi connectivity index (χ0v) is 9.08. The molecule has 14 heavy (non-hydrogen) atoms. The third-order valence-corrected chi connectivity index (χ3v) is 2.12. The minimum atomic E-state index is -0.199. The van der Waals surface area contributed by atoms with Crippen LogP contribution in [0.25, 0.3) is 0 Å². The lowest BCUT2D eigenvalue weighted by molar-refractivity contribution is -0.143. The van der Waals surface area contributed by atoms with Crippen molar-refractivity contribution in [1.82, 2.24) is 5.32 Å². The number of hydrogen-bond donors (Lipinski definition) is 2. The van der Waals surface area contributed by atoms with Crippen LogP contribution in [0.15, 0.2) is 0 Å². The second-order valence-electron chi connectivity index (χ2n) is 3.22. The molecule has 4 heteroatoms. The molecule has 0 fully saturated rings. The van der Waals surface area contributed by atoms with Crippen LogP contribution in [0.5, 0.6) is 0 Å². The lowest BCUT2D eigenvalue weighted by Crippen LogP contribution is -2.37. The zero-order valence-electron chi connectivity index (χ0n) is 9.08. The summed E-state index contributed by atoms with van der Waals surface area (Å²) in [7, 11) is 1.40. The normalized spacial score (nSPS) is 12.5. The monoisotopic (exact) mass is 203 g/mol. The van der Waals surface area contributed by atoms with Crippen LogP contribution in [0.4, 0.5) is 0 Å². The van der Waals surface area contributed by atoms with E-state index in [1.807, 2.05) is 6.92 Å². The van der Waals surface area contributed by atoms with Gasteiger partial charge < -0.3 is 15.2 Å². The molecule has 2 N–H and O–H groups in total. The molecule has 0 aliphatic carbocycles. The molecule has 0 aliphatic heterocycles. The Morgan fingerprint density at radius 2 is 2.14 bits per heavy atom. The van der Waals surface area contributed by atoms with E-state index in [1.54, 1.807) is 0 Å². The molecule has 0 spiro atoms. The fourth-order valence-electron chi connectivity index (χ4n) is 1.23. The van der Waals surface area contributed by atoms with Gasteiger partial charge in [0.15, 0.2) is 0 Å². The van der Waals surface area contributed by atoms with Crippen molar-refractivity contribution >= 4 is 5.97 Å². The van der Waals surface area contributed by atoms with Gasteiger partial charge in [-0.2, -0.15) is 0 Å². The lowest BCUT2D eigenvalue weighted by atomic mass is 10.2. The average Bonchev–Trinajstić information content (AvgIpc) is 2.22. The molecule has 0 aliphatic rings. The predicted octanol–water partition coefficient (Wildman–Crippen LogP) is 0.690. The minimum absolute atomic E-state index is 0.186. The fourth-order valence-corrected chi connectivity index (χ4v) is 1.23. The molecule has 0 aromatic rings. The number of hydrogen-bond acceptors (Lipinski definition) is 4. The van der Waals surface area contributed by atoms with Crippen molar-refractivity contribution < 1.29 is 14.6 Å². The molecule has 4 nitrogen and oxygen atoms in total. The van der Waals surface area contributed by atoms with Crippen LogP contribution < -0.4 is 5.32 Å². The molecule has 84 valence electrons. The molecule has 0 saturated carbocycles. The molecule has 0 aromatic carbocycles. The summed E-state index contributed by atoms with van der Waals surface area (Å²) in [5.41, 5.74) is 0. The smallest absolute Gasteiger partial charge is 0.322 e. The van der Waals surface area contributed by atoms with Crippen LogP contribution in [-0.4, -0.2) is 37.4 Å². The Kier molecular flexibility index (Phi) is 8.57. The molecule has 0 bridgehead atoms. The maximum absolute atomic E-state index is 11.1. The highest BCUT2D eigenvalue weighted by molar-refractivity contribution is 5.75. The second kappa shape index (κ2) is 8.97. The number of aliphatic hydroxyl groups excluding tert-OH is 1. The summed E-state index contributed by atoms with van der Waals surface area (Å²) in [4.78, 5) is 11.1. The number of aliphatic hydroxyl groups is 1. The SMILES string of the molecule is CCC(NCCCCCO)C(=O)OC. The summed E-state index contributed by atoms with van der Waals surface area (Å²) >= 11 is 0. The number of rotatable bonds is 8. The van der Waals surface area contributed by atoms with E-state index < -0.39 is 0 Å². The van der Waals surface area contributed by atoms with Gasteiger partial charge in [-0.1, -0.05) is 6.92 Å². The van der Waals surface area contributed by atoms with E-state index in [9.17, 15) is 4.79 Å². The molecule has 0 radical (unpaired) electrons. The first kappa shape index (κ1) is 13.4. The van der Waals surface area contributed by atoms with Crippen molar-refractivity contribution in [2.24, 2.45) is 0 Å². The molecule has 1 unspecified atom stereocenters. The van der Waals surface area contributed by atoms with Gasteiger partial charge in [-0.25, -0.2) is 0 Å². The van der Waals surface area contributed by atoms with Crippen LogP contribution >= 0.6 is 0 Å². The second-order valence-corrected chi connectivity index (χ2v) is 3.22. The number of methoxy groups -OCH3 is 1. The third-order valence-electron chi connectivity index (χ3n) is 2.12. The summed E-state index contributed by atoms with van der Waals surface area (Å²) in [5.74, 6) is -0.199. The van der Waals surface area contributed by atoms with E-state index in [0.717, 1.165) is 32.2 Å². The molecule has 0 rings (SSSR count). The van der Waals surface area contributed by atoms with Gasteiger partial charge >= 0.3 is 5.97 Å². The van der Waals surface area contributed by atoms with Gasteiger partial charge in [0.1, 0.15) is 6.04 Å². The van der Waals surface area contributed by atoms with E-state index >= 15 is 0 Å². The fraction of sp³-hybridized carbons (Fsp3) is 0.900. The quantitative estimate of drug-likeness (QED) is 0.450.